The van der Waals surface area contributed by atoms with Gasteiger partial charge in [0.1, 0.15) is 0 Å². The summed E-state index contributed by atoms with van der Waals surface area (Å²) < 4.78 is 10.6. The first kappa shape index (κ1) is 12.1. The molecular formula is C16H14N2O3. The molecule has 2 N–H and O–H groups in total. The molecule has 0 radical (unpaired) electrons. The van der Waals surface area contributed by atoms with Gasteiger partial charge in [0.15, 0.2) is 11.5 Å². The lowest BCUT2D eigenvalue weighted by atomic mass is 10.1. The van der Waals surface area contributed by atoms with Gasteiger partial charge in [0.05, 0.1) is 11.4 Å². The first-order valence-electron chi connectivity index (χ1n) is 6.83. The van der Waals surface area contributed by atoms with E-state index in [4.69, 9.17) is 15.2 Å². The van der Waals surface area contributed by atoms with Gasteiger partial charge in [0.25, 0.3) is 5.91 Å². The maximum atomic E-state index is 12.7. The molecule has 0 bridgehead atoms. The van der Waals surface area contributed by atoms with Gasteiger partial charge in [-0.3, -0.25) is 4.79 Å². The van der Waals surface area contributed by atoms with Gasteiger partial charge in [-0.05, 0) is 36.2 Å². The molecule has 0 saturated carbocycles. The number of amides is 1. The number of carbonyl (C=O) groups is 1. The summed E-state index contributed by atoms with van der Waals surface area (Å²) in [6, 6.07) is 11.0. The molecule has 2 heterocycles. The van der Waals surface area contributed by atoms with Crippen molar-refractivity contribution in [3.8, 4) is 11.5 Å². The summed E-state index contributed by atoms with van der Waals surface area (Å²) in [6.45, 7) is 0.850. The van der Waals surface area contributed by atoms with E-state index in [1.807, 2.05) is 18.2 Å². The van der Waals surface area contributed by atoms with E-state index in [0.717, 1.165) is 17.7 Å². The highest BCUT2D eigenvalue weighted by molar-refractivity contribution is 6.09. The molecular weight excluding hydrogens is 268 g/mol. The highest BCUT2D eigenvalue weighted by Crippen LogP contribution is 2.37. The Kier molecular flexibility index (Phi) is 2.54. The maximum absolute atomic E-state index is 12.7. The number of hydrogen-bond acceptors (Lipinski definition) is 4. The summed E-state index contributed by atoms with van der Waals surface area (Å²) >= 11 is 0. The van der Waals surface area contributed by atoms with Crippen molar-refractivity contribution in [2.45, 2.75) is 6.42 Å². The number of fused-ring (bicyclic) bond motifs is 2. The van der Waals surface area contributed by atoms with Crippen molar-refractivity contribution in [2.75, 3.05) is 24.0 Å². The minimum absolute atomic E-state index is 0.0649. The van der Waals surface area contributed by atoms with Crippen molar-refractivity contribution < 1.29 is 14.3 Å². The van der Waals surface area contributed by atoms with Crippen LogP contribution in [0.1, 0.15) is 15.9 Å². The van der Waals surface area contributed by atoms with Crippen molar-refractivity contribution in [2.24, 2.45) is 0 Å². The molecule has 0 aliphatic carbocycles. The van der Waals surface area contributed by atoms with Crippen LogP contribution in [0.2, 0.25) is 0 Å². The molecule has 0 fully saturated rings. The number of nitrogens with zero attached hydrogens (tertiary/aromatic N) is 1. The molecule has 0 unspecified atom stereocenters. The topological polar surface area (TPSA) is 64.8 Å². The van der Waals surface area contributed by atoms with Crippen LogP contribution in [-0.2, 0) is 6.42 Å². The third kappa shape index (κ3) is 1.81. The Bertz CT molecular complexity index is 742. The maximum Gasteiger partial charge on any atom is 0.258 e. The van der Waals surface area contributed by atoms with E-state index < -0.39 is 0 Å². The molecule has 2 aliphatic heterocycles. The highest BCUT2D eigenvalue weighted by Gasteiger charge is 2.28. The standard InChI is InChI=1S/C16H14N2O3/c17-12-3-1-2-10-6-7-18(15(10)12)16(19)11-4-5-13-14(8-11)21-9-20-13/h1-5,8H,6-7,9,17H2. The Hall–Kier alpha value is -2.69. The fourth-order valence-corrected chi connectivity index (χ4v) is 2.87. The molecule has 4 rings (SSSR count). The molecule has 5 nitrogen and oxygen atoms in total. The van der Waals surface area contributed by atoms with E-state index in [1.54, 1.807) is 23.1 Å². The first-order chi connectivity index (χ1) is 10.2. The number of benzene rings is 2. The third-order valence-electron chi connectivity index (χ3n) is 3.89. The number of anilines is 2. The lowest BCUT2D eigenvalue weighted by Gasteiger charge is -2.19. The largest absolute Gasteiger partial charge is 0.454 e. The van der Waals surface area contributed by atoms with Crippen LogP contribution in [0, 0.1) is 0 Å². The molecule has 0 atom stereocenters. The van der Waals surface area contributed by atoms with Gasteiger partial charge in [-0.1, -0.05) is 12.1 Å². The SMILES string of the molecule is Nc1cccc2c1N(C(=O)c1ccc3c(c1)OCO3)CC2. The lowest BCUT2D eigenvalue weighted by molar-refractivity contribution is 0.0989. The fraction of sp³-hybridized carbons (Fsp3) is 0.188. The number of nitrogens with two attached hydrogens (primary N) is 1. The summed E-state index contributed by atoms with van der Waals surface area (Å²) in [5, 5.41) is 0. The van der Waals surface area contributed by atoms with Crippen molar-refractivity contribution in [3.05, 3.63) is 47.5 Å². The van der Waals surface area contributed by atoms with E-state index >= 15 is 0 Å². The van der Waals surface area contributed by atoms with Crippen LogP contribution in [0.15, 0.2) is 36.4 Å². The van der Waals surface area contributed by atoms with E-state index in [1.165, 1.54) is 0 Å². The minimum atomic E-state index is -0.0649. The third-order valence-corrected chi connectivity index (χ3v) is 3.89. The number of carbonyl (C=O) groups excluding carboxylic acids is 1. The zero-order valence-corrected chi connectivity index (χ0v) is 11.3. The first-order valence-corrected chi connectivity index (χ1v) is 6.83. The monoisotopic (exact) mass is 282 g/mol. The van der Waals surface area contributed by atoms with E-state index in [2.05, 4.69) is 0 Å². The van der Waals surface area contributed by atoms with Crippen LogP contribution in [0.3, 0.4) is 0 Å². The summed E-state index contributed by atoms with van der Waals surface area (Å²) in [5.41, 5.74) is 9.20. The van der Waals surface area contributed by atoms with Gasteiger partial charge in [-0.2, -0.15) is 0 Å². The number of para-hydroxylation sites is 1. The van der Waals surface area contributed by atoms with Crippen LogP contribution in [0.4, 0.5) is 11.4 Å². The number of hydrogen-bond donors (Lipinski definition) is 1. The smallest absolute Gasteiger partial charge is 0.258 e. The Morgan fingerprint density at radius 3 is 2.90 bits per heavy atom. The second-order valence-electron chi connectivity index (χ2n) is 5.13. The summed E-state index contributed by atoms with van der Waals surface area (Å²) in [6.07, 6.45) is 0.830. The van der Waals surface area contributed by atoms with E-state index in [0.29, 0.717) is 29.3 Å². The molecule has 2 aromatic carbocycles. The average Bonchev–Trinajstić information content (AvgIpc) is 3.13. The Labute approximate surface area is 121 Å². The number of rotatable bonds is 1. The number of nitrogen functional groups attached to an aromatic ring is 1. The minimum Gasteiger partial charge on any atom is -0.454 e. The molecule has 1 amide bonds. The Balaban J connectivity index is 1.71. The molecule has 2 aromatic rings. The van der Waals surface area contributed by atoms with Crippen molar-refractivity contribution in [1.29, 1.82) is 0 Å². The quantitative estimate of drug-likeness (QED) is 0.814. The summed E-state index contributed by atoms with van der Waals surface area (Å²) in [7, 11) is 0. The van der Waals surface area contributed by atoms with Gasteiger partial charge in [0.2, 0.25) is 6.79 Å². The zero-order chi connectivity index (χ0) is 14.4. The lowest BCUT2D eigenvalue weighted by Crippen LogP contribution is -2.29. The fourth-order valence-electron chi connectivity index (χ4n) is 2.87. The van der Waals surface area contributed by atoms with Crippen LogP contribution in [-0.4, -0.2) is 19.2 Å². The van der Waals surface area contributed by atoms with Crippen LogP contribution in [0.25, 0.3) is 0 Å². The van der Waals surface area contributed by atoms with Gasteiger partial charge in [0, 0.05) is 12.1 Å². The molecule has 106 valence electrons. The second-order valence-corrected chi connectivity index (χ2v) is 5.13. The molecule has 0 aromatic heterocycles. The van der Waals surface area contributed by atoms with E-state index in [9.17, 15) is 4.79 Å². The zero-order valence-electron chi connectivity index (χ0n) is 11.3. The van der Waals surface area contributed by atoms with Gasteiger partial charge in [-0.25, -0.2) is 0 Å². The van der Waals surface area contributed by atoms with Gasteiger partial charge < -0.3 is 20.1 Å². The van der Waals surface area contributed by atoms with Crippen LogP contribution < -0.4 is 20.1 Å². The van der Waals surface area contributed by atoms with Crippen molar-refractivity contribution >= 4 is 17.3 Å². The average molecular weight is 282 g/mol. The van der Waals surface area contributed by atoms with Gasteiger partial charge >= 0.3 is 0 Å². The summed E-state index contributed by atoms with van der Waals surface area (Å²) in [5.74, 6) is 1.22. The normalized spacial score (nSPS) is 15.1. The van der Waals surface area contributed by atoms with Crippen LogP contribution >= 0.6 is 0 Å². The highest BCUT2D eigenvalue weighted by atomic mass is 16.7. The number of ether oxygens (including phenoxy) is 2. The Morgan fingerprint density at radius 1 is 1.14 bits per heavy atom. The molecule has 5 heteroatoms. The molecule has 0 saturated heterocycles. The van der Waals surface area contributed by atoms with Gasteiger partial charge in [-0.15, -0.1) is 0 Å². The molecule has 21 heavy (non-hydrogen) atoms. The van der Waals surface area contributed by atoms with E-state index in [-0.39, 0.29) is 12.7 Å². The van der Waals surface area contributed by atoms with Crippen molar-refractivity contribution in [1.82, 2.24) is 0 Å². The predicted octanol–water partition coefficient (Wildman–Crippen LogP) is 2.20. The molecule has 2 aliphatic rings. The predicted molar refractivity (Wildman–Crippen MR) is 78.8 cm³/mol. The van der Waals surface area contributed by atoms with Crippen molar-refractivity contribution in [3.63, 3.8) is 0 Å². The second kappa shape index (κ2) is 4.41. The van der Waals surface area contributed by atoms with Crippen LogP contribution in [0.5, 0.6) is 11.5 Å². The Morgan fingerprint density at radius 2 is 2.00 bits per heavy atom. The molecule has 0 spiro atoms. The summed E-state index contributed by atoms with van der Waals surface area (Å²) in [4.78, 5) is 14.5.